The Kier molecular flexibility index (Phi) is 7.68. The van der Waals surface area contributed by atoms with Crippen molar-refractivity contribution in [2.24, 2.45) is 5.92 Å². The summed E-state index contributed by atoms with van der Waals surface area (Å²) in [5.41, 5.74) is 1.04. The van der Waals surface area contributed by atoms with Crippen molar-refractivity contribution in [1.29, 1.82) is 0 Å². The number of amides is 2. The Morgan fingerprint density at radius 3 is 2.41 bits per heavy atom. The predicted octanol–water partition coefficient (Wildman–Crippen LogP) is 4.40. The highest BCUT2D eigenvalue weighted by molar-refractivity contribution is 5.86. The van der Waals surface area contributed by atoms with Crippen molar-refractivity contribution in [3.63, 3.8) is 0 Å². The van der Waals surface area contributed by atoms with Gasteiger partial charge < -0.3 is 14.2 Å². The molecule has 0 bridgehead atoms. The van der Waals surface area contributed by atoms with E-state index in [1.165, 1.54) is 6.42 Å². The van der Waals surface area contributed by atoms with E-state index in [-0.39, 0.29) is 24.3 Å². The van der Waals surface area contributed by atoms with Gasteiger partial charge in [-0.2, -0.15) is 0 Å². The molecule has 0 unspecified atom stereocenters. The number of benzene rings is 1. The molecule has 1 aromatic heterocycles. The molecule has 0 N–H and O–H groups in total. The maximum atomic E-state index is 13.2. The lowest BCUT2D eigenvalue weighted by molar-refractivity contribution is -0.143. The van der Waals surface area contributed by atoms with Crippen molar-refractivity contribution in [3.8, 4) is 0 Å². The zero-order valence-electron chi connectivity index (χ0n) is 17.0. The molecule has 1 fully saturated rings. The van der Waals surface area contributed by atoms with Crippen LogP contribution in [0.3, 0.4) is 0 Å². The number of carbonyl (C=O) groups excluding carboxylic acids is 2. The molecule has 5 heteroatoms. The van der Waals surface area contributed by atoms with Gasteiger partial charge in [-0.3, -0.25) is 9.59 Å². The molecule has 3 rings (SSSR count). The Balaban J connectivity index is 1.71. The first-order valence-corrected chi connectivity index (χ1v) is 10.4. The van der Waals surface area contributed by atoms with E-state index in [1.807, 2.05) is 42.5 Å². The lowest BCUT2D eigenvalue weighted by Crippen LogP contribution is -2.45. The molecule has 29 heavy (non-hydrogen) atoms. The van der Waals surface area contributed by atoms with Crippen molar-refractivity contribution in [2.75, 3.05) is 13.1 Å². The van der Waals surface area contributed by atoms with E-state index in [2.05, 4.69) is 6.58 Å². The maximum absolute atomic E-state index is 13.2. The zero-order valence-corrected chi connectivity index (χ0v) is 17.0. The molecule has 0 radical (unpaired) electrons. The molecular weight excluding hydrogens is 364 g/mol. The number of carbonyl (C=O) groups is 2. The van der Waals surface area contributed by atoms with Gasteiger partial charge in [0.1, 0.15) is 12.3 Å². The second-order valence-electron chi connectivity index (χ2n) is 7.66. The Labute approximate surface area is 173 Å². The lowest BCUT2D eigenvalue weighted by atomic mass is 9.88. The molecule has 5 nitrogen and oxygen atoms in total. The van der Waals surface area contributed by atoms with Crippen LogP contribution in [0, 0.1) is 5.92 Å². The van der Waals surface area contributed by atoms with Crippen molar-refractivity contribution in [1.82, 2.24) is 9.80 Å². The van der Waals surface area contributed by atoms with Crippen molar-refractivity contribution in [2.45, 2.75) is 45.2 Å². The monoisotopic (exact) mass is 394 g/mol. The summed E-state index contributed by atoms with van der Waals surface area (Å²) in [4.78, 5) is 29.6. The van der Waals surface area contributed by atoms with Crippen molar-refractivity contribution < 1.29 is 14.0 Å². The molecule has 0 spiro atoms. The first-order valence-electron chi connectivity index (χ1n) is 10.4. The summed E-state index contributed by atoms with van der Waals surface area (Å²) in [6, 6.07) is 13.5. The Morgan fingerprint density at radius 2 is 1.76 bits per heavy atom. The van der Waals surface area contributed by atoms with E-state index >= 15 is 0 Å². The van der Waals surface area contributed by atoms with E-state index in [4.69, 9.17) is 4.42 Å². The summed E-state index contributed by atoms with van der Waals surface area (Å²) in [6.45, 7) is 5.08. The minimum absolute atomic E-state index is 0.0316. The fraction of sp³-hybridized carbons (Fsp3) is 0.417. The molecule has 1 aliphatic rings. The van der Waals surface area contributed by atoms with Gasteiger partial charge in [0.2, 0.25) is 11.8 Å². The lowest BCUT2D eigenvalue weighted by Gasteiger charge is -2.30. The highest BCUT2D eigenvalue weighted by Crippen LogP contribution is 2.25. The van der Waals surface area contributed by atoms with Crippen LogP contribution in [0.4, 0.5) is 0 Å². The molecule has 2 aromatic rings. The summed E-state index contributed by atoms with van der Waals surface area (Å²) in [7, 11) is 0. The highest BCUT2D eigenvalue weighted by atomic mass is 16.3. The summed E-state index contributed by atoms with van der Waals surface area (Å²) < 4.78 is 5.46. The van der Waals surface area contributed by atoms with E-state index in [1.54, 1.807) is 22.1 Å². The number of hydrogen-bond acceptors (Lipinski definition) is 3. The Hall–Kier alpha value is -2.82. The average molecular weight is 395 g/mol. The third-order valence-electron chi connectivity index (χ3n) is 5.44. The van der Waals surface area contributed by atoms with Crippen LogP contribution < -0.4 is 0 Å². The third kappa shape index (κ3) is 6.08. The van der Waals surface area contributed by atoms with E-state index in [9.17, 15) is 9.59 Å². The molecule has 2 amide bonds. The van der Waals surface area contributed by atoms with Crippen LogP contribution >= 0.6 is 0 Å². The van der Waals surface area contributed by atoms with Gasteiger partial charge in [-0.25, -0.2) is 0 Å². The smallest absolute Gasteiger partial charge is 0.242 e. The average Bonchev–Trinajstić information content (AvgIpc) is 3.27. The normalized spacial score (nSPS) is 14.3. The minimum atomic E-state index is -0.0868. The van der Waals surface area contributed by atoms with Crippen LogP contribution in [0.15, 0.2) is 65.8 Å². The Morgan fingerprint density at radius 1 is 1.00 bits per heavy atom. The van der Waals surface area contributed by atoms with Gasteiger partial charge in [-0.15, -0.1) is 6.58 Å². The molecule has 1 saturated carbocycles. The molecule has 0 atom stereocenters. The van der Waals surface area contributed by atoms with E-state index in [0.29, 0.717) is 19.6 Å². The van der Waals surface area contributed by atoms with Crippen molar-refractivity contribution in [3.05, 3.63) is 72.7 Å². The predicted molar refractivity (Wildman–Crippen MR) is 113 cm³/mol. The van der Waals surface area contributed by atoms with Gasteiger partial charge >= 0.3 is 0 Å². The second-order valence-corrected chi connectivity index (χ2v) is 7.66. The van der Waals surface area contributed by atoms with Crippen molar-refractivity contribution >= 4 is 11.8 Å². The molecule has 0 saturated heterocycles. The highest BCUT2D eigenvalue weighted by Gasteiger charge is 2.28. The first-order chi connectivity index (χ1) is 14.2. The fourth-order valence-electron chi connectivity index (χ4n) is 3.89. The topological polar surface area (TPSA) is 53.8 Å². The van der Waals surface area contributed by atoms with Crippen LogP contribution in [-0.2, 0) is 22.7 Å². The summed E-state index contributed by atoms with van der Waals surface area (Å²) >= 11 is 0. The molecule has 154 valence electrons. The molecule has 1 heterocycles. The first kappa shape index (κ1) is 20.9. The molecule has 1 aliphatic carbocycles. The number of hydrogen-bond donors (Lipinski definition) is 0. The van der Waals surface area contributed by atoms with Crippen LogP contribution in [0.1, 0.15) is 43.4 Å². The third-order valence-corrected chi connectivity index (χ3v) is 5.44. The maximum Gasteiger partial charge on any atom is 0.242 e. The van der Waals surface area contributed by atoms with Gasteiger partial charge in [-0.1, -0.05) is 55.7 Å². The fourth-order valence-corrected chi connectivity index (χ4v) is 3.89. The summed E-state index contributed by atoms with van der Waals surface area (Å²) in [5, 5.41) is 0. The quantitative estimate of drug-likeness (QED) is 0.592. The SMILES string of the molecule is C=CCN(CC(=O)N(Cc1ccccc1)Cc1ccco1)C(=O)C1CCCCC1. The van der Waals surface area contributed by atoms with Gasteiger partial charge in [0.15, 0.2) is 0 Å². The summed E-state index contributed by atoms with van der Waals surface area (Å²) in [5.74, 6) is 0.749. The molecule has 0 aliphatic heterocycles. The number of nitrogens with zero attached hydrogens (tertiary/aromatic N) is 2. The van der Waals surface area contributed by atoms with Crippen LogP contribution in [-0.4, -0.2) is 34.7 Å². The van der Waals surface area contributed by atoms with E-state index < -0.39 is 0 Å². The molecule has 1 aromatic carbocycles. The van der Waals surface area contributed by atoms with E-state index in [0.717, 1.165) is 37.0 Å². The van der Waals surface area contributed by atoms with Crippen LogP contribution in [0.5, 0.6) is 0 Å². The van der Waals surface area contributed by atoms with Crippen LogP contribution in [0.25, 0.3) is 0 Å². The largest absolute Gasteiger partial charge is 0.467 e. The zero-order chi connectivity index (χ0) is 20.5. The molecular formula is C24H30N2O3. The Bertz CT molecular complexity index is 780. The van der Waals surface area contributed by atoms with Gasteiger partial charge in [0.25, 0.3) is 0 Å². The van der Waals surface area contributed by atoms with Gasteiger partial charge in [0, 0.05) is 19.0 Å². The standard InChI is InChI=1S/C24H30N2O3/c1-2-15-25(24(28)21-12-7-4-8-13-21)19-23(27)26(18-22-14-9-16-29-22)17-20-10-5-3-6-11-20/h2-3,5-6,9-11,14,16,21H,1,4,7-8,12-13,15,17-19H2. The second kappa shape index (κ2) is 10.6. The minimum Gasteiger partial charge on any atom is -0.467 e. The van der Waals surface area contributed by atoms with Gasteiger partial charge in [0.05, 0.1) is 12.8 Å². The number of furan rings is 1. The van der Waals surface area contributed by atoms with Gasteiger partial charge in [-0.05, 0) is 30.5 Å². The number of rotatable bonds is 9. The summed E-state index contributed by atoms with van der Waals surface area (Å²) in [6.07, 6.45) is 8.51. The van der Waals surface area contributed by atoms with Crippen LogP contribution in [0.2, 0.25) is 0 Å².